The topological polar surface area (TPSA) is 94.6 Å². The zero-order valence-electron chi connectivity index (χ0n) is 13.0. The number of carbonyl (C=O) groups is 2. The maximum Gasteiger partial charge on any atom is 0.490 e. The van der Waals surface area contributed by atoms with E-state index in [0.717, 1.165) is 25.2 Å². The highest BCUT2D eigenvalue weighted by atomic mass is 19.4. The number of carbonyl (C=O) groups excluding carboxylic acids is 1. The smallest absolute Gasteiger partial charge is 0.475 e. The molecule has 26 heavy (non-hydrogen) atoms. The van der Waals surface area contributed by atoms with Crippen LogP contribution in [0.1, 0.15) is 16.1 Å². The molecule has 2 heterocycles. The summed E-state index contributed by atoms with van der Waals surface area (Å²) < 4.78 is 68.7. The molecule has 1 aliphatic rings. The van der Waals surface area contributed by atoms with Gasteiger partial charge in [-0.1, -0.05) is 0 Å². The Balaban J connectivity index is 0.000000412. The molecule has 0 aliphatic carbocycles. The fraction of sp³-hybridized carbons (Fsp3) is 0.462. The van der Waals surface area contributed by atoms with E-state index in [1.165, 1.54) is 0 Å². The molecule has 1 amide bonds. The van der Waals surface area contributed by atoms with Gasteiger partial charge in [-0.05, 0) is 12.1 Å². The van der Waals surface area contributed by atoms with Crippen LogP contribution in [0.5, 0.6) is 0 Å². The van der Waals surface area contributed by atoms with Crippen molar-refractivity contribution in [2.75, 3.05) is 26.2 Å². The van der Waals surface area contributed by atoms with E-state index in [2.05, 4.69) is 15.7 Å². The Hall–Kier alpha value is -2.41. The number of nitrogens with zero attached hydrogens (tertiary/aromatic N) is 2. The lowest BCUT2D eigenvalue weighted by atomic mass is 10.2. The normalized spacial score (nSPS) is 15.6. The predicted molar refractivity (Wildman–Crippen MR) is 74.8 cm³/mol. The number of hydrazine groups is 1. The Kier molecular flexibility index (Phi) is 7.32. The fourth-order valence-electron chi connectivity index (χ4n) is 1.67. The van der Waals surface area contributed by atoms with Crippen molar-refractivity contribution in [1.29, 1.82) is 0 Å². The van der Waals surface area contributed by atoms with Crippen molar-refractivity contribution >= 4 is 11.9 Å². The Morgan fingerprint density at radius 2 is 1.65 bits per heavy atom. The van der Waals surface area contributed by atoms with Crippen LogP contribution in [0.3, 0.4) is 0 Å². The van der Waals surface area contributed by atoms with Crippen molar-refractivity contribution < 1.29 is 41.0 Å². The number of halogens is 6. The Bertz CT molecular complexity index is 612. The third-order valence-corrected chi connectivity index (χ3v) is 2.94. The second kappa shape index (κ2) is 8.80. The quantitative estimate of drug-likeness (QED) is 0.661. The molecule has 1 aromatic rings. The number of carboxylic acid groups (broad SMARTS) is 1. The van der Waals surface area contributed by atoms with Gasteiger partial charge in [0.25, 0.3) is 5.91 Å². The van der Waals surface area contributed by atoms with Crippen molar-refractivity contribution in [2.24, 2.45) is 0 Å². The number of pyridine rings is 1. The number of alkyl halides is 6. The van der Waals surface area contributed by atoms with Gasteiger partial charge < -0.3 is 10.4 Å². The average Bonchev–Trinajstić information content (AvgIpc) is 2.55. The minimum Gasteiger partial charge on any atom is -0.475 e. The van der Waals surface area contributed by atoms with Crippen LogP contribution in [0.4, 0.5) is 26.3 Å². The Morgan fingerprint density at radius 1 is 1.12 bits per heavy atom. The van der Waals surface area contributed by atoms with Gasteiger partial charge in [0.1, 0.15) is 5.69 Å². The molecule has 0 aromatic carbocycles. The number of carboxylic acids is 1. The van der Waals surface area contributed by atoms with E-state index < -0.39 is 29.8 Å². The molecule has 0 radical (unpaired) electrons. The van der Waals surface area contributed by atoms with Gasteiger partial charge in [-0.3, -0.25) is 15.2 Å². The zero-order valence-corrected chi connectivity index (χ0v) is 13.0. The van der Waals surface area contributed by atoms with E-state index in [-0.39, 0.29) is 5.69 Å². The molecular weight excluding hydrogens is 374 g/mol. The minimum atomic E-state index is -5.08. The molecule has 1 saturated heterocycles. The first kappa shape index (κ1) is 21.6. The van der Waals surface area contributed by atoms with Crippen molar-refractivity contribution in [3.8, 4) is 0 Å². The van der Waals surface area contributed by atoms with E-state index in [4.69, 9.17) is 9.90 Å². The van der Waals surface area contributed by atoms with Crippen LogP contribution in [0.15, 0.2) is 18.3 Å². The largest absolute Gasteiger partial charge is 0.490 e. The van der Waals surface area contributed by atoms with Gasteiger partial charge in [-0.2, -0.15) is 26.3 Å². The molecule has 0 unspecified atom stereocenters. The van der Waals surface area contributed by atoms with Gasteiger partial charge in [0.15, 0.2) is 0 Å². The summed E-state index contributed by atoms with van der Waals surface area (Å²) in [4.78, 5) is 24.2. The summed E-state index contributed by atoms with van der Waals surface area (Å²) in [5.41, 5.74) is 1.70. The number of hydrogen-bond donors (Lipinski definition) is 3. The van der Waals surface area contributed by atoms with Crippen LogP contribution in [0.25, 0.3) is 0 Å². The van der Waals surface area contributed by atoms with Gasteiger partial charge in [0.2, 0.25) is 0 Å². The number of aromatic nitrogens is 1. The molecule has 0 saturated carbocycles. The standard InChI is InChI=1S/C11H13F3N4O.C2HF3O2/c12-11(13,14)8-1-2-9(16-7-8)10(19)17-18-5-3-15-4-6-18;3-2(4,5)1(6)7/h1-2,7,15H,3-6H2,(H,17,19);(H,6,7). The van der Waals surface area contributed by atoms with Gasteiger partial charge in [0, 0.05) is 32.4 Å². The number of rotatable bonds is 2. The van der Waals surface area contributed by atoms with Crippen LogP contribution >= 0.6 is 0 Å². The van der Waals surface area contributed by atoms with Crippen LogP contribution in [0.2, 0.25) is 0 Å². The second-order valence-corrected chi connectivity index (χ2v) is 4.91. The highest BCUT2D eigenvalue weighted by Crippen LogP contribution is 2.28. The molecule has 0 atom stereocenters. The summed E-state index contributed by atoms with van der Waals surface area (Å²) in [6.07, 6.45) is -8.87. The lowest BCUT2D eigenvalue weighted by Crippen LogP contribution is -2.52. The summed E-state index contributed by atoms with van der Waals surface area (Å²) in [5.74, 6) is -3.26. The van der Waals surface area contributed by atoms with Crippen molar-refractivity contribution in [2.45, 2.75) is 12.4 Å². The van der Waals surface area contributed by atoms with E-state index in [9.17, 15) is 31.1 Å². The van der Waals surface area contributed by atoms with Gasteiger partial charge in [-0.25, -0.2) is 9.80 Å². The van der Waals surface area contributed by atoms with Gasteiger partial charge >= 0.3 is 18.3 Å². The van der Waals surface area contributed by atoms with Crippen LogP contribution in [-0.2, 0) is 11.0 Å². The molecule has 7 nitrogen and oxygen atoms in total. The third kappa shape index (κ3) is 7.23. The number of nitrogens with one attached hydrogen (secondary N) is 2. The molecule has 1 aliphatic heterocycles. The fourth-order valence-corrected chi connectivity index (χ4v) is 1.67. The van der Waals surface area contributed by atoms with E-state index >= 15 is 0 Å². The number of aliphatic carboxylic acids is 1. The van der Waals surface area contributed by atoms with Crippen molar-refractivity contribution in [3.05, 3.63) is 29.6 Å². The lowest BCUT2D eigenvalue weighted by Gasteiger charge is -2.27. The van der Waals surface area contributed by atoms with Crippen molar-refractivity contribution in [3.63, 3.8) is 0 Å². The van der Waals surface area contributed by atoms with Crippen molar-refractivity contribution in [1.82, 2.24) is 20.7 Å². The summed E-state index contributed by atoms with van der Waals surface area (Å²) in [7, 11) is 0. The molecular formula is C13H14F6N4O3. The molecule has 13 heteroatoms. The summed E-state index contributed by atoms with van der Waals surface area (Å²) in [5, 5.41) is 11.9. The van der Waals surface area contributed by atoms with Crippen LogP contribution in [0, 0.1) is 0 Å². The maximum atomic E-state index is 12.3. The molecule has 2 rings (SSSR count). The molecule has 1 aromatic heterocycles. The molecule has 3 N–H and O–H groups in total. The average molecular weight is 388 g/mol. The Labute approximate surface area is 143 Å². The first-order valence-electron chi connectivity index (χ1n) is 7.01. The summed E-state index contributed by atoms with van der Waals surface area (Å²) >= 11 is 0. The number of piperazine rings is 1. The van der Waals surface area contributed by atoms with Crippen LogP contribution in [-0.4, -0.2) is 59.3 Å². The number of amides is 1. The first-order chi connectivity index (χ1) is 11.9. The zero-order chi connectivity index (χ0) is 20.0. The van der Waals surface area contributed by atoms with Crippen LogP contribution < -0.4 is 10.7 Å². The monoisotopic (exact) mass is 388 g/mol. The second-order valence-electron chi connectivity index (χ2n) is 4.91. The summed E-state index contributed by atoms with van der Waals surface area (Å²) in [6, 6.07) is 1.92. The van der Waals surface area contributed by atoms with Gasteiger partial charge in [-0.15, -0.1) is 0 Å². The molecule has 0 bridgehead atoms. The SMILES string of the molecule is O=C(NN1CCNCC1)c1ccc(C(F)(F)F)cn1.O=C(O)C(F)(F)F. The van der Waals surface area contributed by atoms with E-state index in [1.807, 2.05) is 0 Å². The number of hydrogen-bond acceptors (Lipinski definition) is 5. The molecule has 146 valence electrons. The maximum absolute atomic E-state index is 12.3. The predicted octanol–water partition coefficient (Wildman–Crippen LogP) is 1.28. The summed E-state index contributed by atoms with van der Waals surface area (Å²) in [6.45, 7) is 2.79. The molecule has 0 spiro atoms. The Morgan fingerprint density at radius 3 is 2.04 bits per heavy atom. The molecule has 1 fully saturated rings. The highest BCUT2D eigenvalue weighted by molar-refractivity contribution is 5.91. The van der Waals surface area contributed by atoms with Gasteiger partial charge in [0.05, 0.1) is 5.56 Å². The van der Waals surface area contributed by atoms with E-state index in [0.29, 0.717) is 19.3 Å². The minimum absolute atomic E-state index is 0.0356. The first-order valence-corrected chi connectivity index (χ1v) is 7.01. The highest BCUT2D eigenvalue weighted by Gasteiger charge is 2.38. The van der Waals surface area contributed by atoms with E-state index in [1.54, 1.807) is 5.01 Å². The lowest BCUT2D eigenvalue weighted by molar-refractivity contribution is -0.192. The third-order valence-electron chi connectivity index (χ3n) is 2.94.